The van der Waals surface area contributed by atoms with Gasteiger partial charge in [0.2, 0.25) is 0 Å². The molecule has 55 heavy (non-hydrogen) atoms. The molecular weight excluding hydrogens is 683 g/mol. The number of esters is 2. The van der Waals surface area contributed by atoms with Gasteiger partial charge < -0.3 is 19.5 Å². The molecule has 6 heteroatoms. The third-order valence-corrected chi connectivity index (χ3v) is 11.9. The summed E-state index contributed by atoms with van der Waals surface area (Å²) in [5.41, 5.74) is 0. The standard InChI is InChI=1S/C49H97NO5/c1-6-11-15-25-35-45(33-13-8-3)43-54-48(52)39-29-23-19-17-21-27-37-47(50(10-5)41-31-32-42-51)38-28-22-18-20-24-30-40-49(53)55-44-46(34-14-9-4)36-26-16-12-7-2/h45-47,51H,6-44H2,1-5H3. The van der Waals surface area contributed by atoms with E-state index in [4.69, 9.17) is 9.47 Å². The summed E-state index contributed by atoms with van der Waals surface area (Å²) in [7, 11) is 0. The molecule has 0 aromatic rings. The number of carbonyl (C=O) groups is 2. The number of carbonyl (C=O) groups excluding carboxylic acids is 2. The number of unbranched alkanes of at least 4 members (excludes halogenated alkanes) is 19. The van der Waals surface area contributed by atoms with Crippen LogP contribution in [0.3, 0.4) is 0 Å². The second kappa shape index (κ2) is 42.5. The van der Waals surface area contributed by atoms with Gasteiger partial charge in [0.15, 0.2) is 0 Å². The highest BCUT2D eigenvalue weighted by Crippen LogP contribution is 2.22. The van der Waals surface area contributed by atoms with Gasteiger partial charge in [-0.05, 0) is 89.1 Å². The van der Waals surface area contributed by atoms with Crippen LogP contribution in [-0.4, -0.2) is 60.9 Å². The van der Waals surface area contributed by atoms with E-state index < -0.39 is 0 Å². The number of ether oxygens (including phenoxy) is 2. The number of aliphatic hydroxyl groups excluding tert-OH is 1. The Morgan fingerprint density at radius 3 is 1.20 bits per heavy atom. The molecule has 0 aromatic carbocycles. The van der Waals surface area contributed by atoms with Gasteiger partial charge in [-0.3, -0.25) is 9.59 Å². The maximum Gasteiger partial charge on any atom is 0.305 e. The minimum Gasteiger partial charge on any atom is -0.465 e. The summed E-state index contributed by atoms with van der Waals surface area (Å²) in [6, 6.07) is 0.633. The van der Waals surface area contributed by atoms with Crippen molar-refractivity contribution in [3.63, 3.8) is 0 Å². The number of nitrogens with zero attached hydrogens (tertiary/aromatic N) is 1. The predicted molar refractivity (Wildman–Crippen MR) is 237 cm³/mol. The minimum atomic E-state index is 0.00770. The summed E-state index contributed by atoms with van der Waals surface area (Å²) in [5, 5.41) is 9.35. The lowest BCUT2D eigenvalue weighted by Crippen LogP contribution is -2.36. The van der Waals surface area contributed by atoms with Gasteiger partial charge in [-0.25, -0.2) is 0 Å². The molecule has 2 unspecified atom stereocenters. The SMILES string of the molecule is CCCCCCC(CCCC)COC(=O)CCCCCCCCC(CCCCCCCCC(=O)OCC(CCCC)CCCCCC)N(CC)CCCCO. The van der Waals surface area contributed by atoms with Crippen LogP contribution >= 0.6 is 0 Å². The molecule has 0 saturated heterocycles. The van der Waals surface area contributed by atoms with Crippen molar-refractivity contribution in [2.75, 3.05) is 32.9 Å². The maximum atomic E-state index is 12.4. The van der Waals surface area contributed by atoms with Crippen molar-refractivity contribution in [2.24, 2.45) is 11.8 Å². The first kappa shape index (κ1) is 53.9. The molecule has 0 saturated carbocycles. The Morgan fingerprint density at radius 1 is 0.436 bits per heavy atom. The number of aliphatic hydroxyl groups is 1. The van der Waals surface area contributed by atoms with Gasteiger partial charge in [-0.1, -0.05) is 176 Å². The normalized spacial score (nSPS) is 13.3. The van der Waals surface area contributed by atoms with E-state index in [2.05, 4.69) is 39.5 Å². The predicted octanol–water partition coefficient (Wildman–Crippen LogP) is 14.3. The average molecular weight is 780 g/mol. The Labute approximate surface area is 343 Å². The van der Waals surface area contributed by atoms with Crippen LogP contribution in [0.25, 0.3) is 0 Å². The molecule has 0 aliphatic carbocycles. The molecule has 6 nitrogen and oxygen atoms in total. The molecule has 2 atom stereocenters. The Morgan fingerprint density at radius 2 is 0.800 bits per heavy atom. The van der Waals surface area contributed by atoms with Crippen molar-refractivity contribution >= 4 is 11.9 Å². The molecule has 1 N–H and O–H groups in total. The third-order valence-electron chi connectivity index (χ3n) is 11.9. The zero-order valence-electron chi connectivity index (χ0n) is 37.8. The fourth-order valence-electron chi connectivity index (χ4n) is 8.14. The molecule has 0 radical (unpaired) electrons. The number of hydrogen-bond donors (Lipinski definition) is 1. The molecule has 0 amide bonds. The first-order valence-corrected chi connectivity index (χ1v) is 24.6. The quantitative estimate of drug-likeness (QED) is 0.0490. The molecule has 0 bridgehead atoms. The monoisotopic (exact) mass is 780 g/mol. The van der Waals surface area contributed by atoms with Crippen LogP contribution in [-0.2, 0) is 19.1 Å². The van der Waals surface area contributed by atoms with Crippen LogP contribution in [0.4, 0.5) is 0 Å². The fourth-order valence-corrected chi connectivity index (χ4v) is 8.14. The summed E-state index contributed by atoms with van der Waals surface area (Å²) >= 11 is 0. The van der Waals surface area contributed by atoms with Crippen LogP contribution in [0.1, 0.15) is 253 Å². The van der Waals surface area contributed by atoms with Crippen LogP contribution in [0.15, 0.2) is 0 Å². The summed E-state index contributed by atoms with van der Waals surface area (Å²) in [5.74, 6) is 1.10. The fraction of sp³-hybridized carbons (Fsp3) is 0.959. The van der Waals surface area contributed by atoms with Crippen molar-refractivity contribution in [1.82, 2.24) is 4.90 Å². The highest BCUT2D eigenvalue weighted by Gasteiger charge is 2.17. The zero-order chi connectivity index (χ0) is 40.5. The summed E-state index contributed by atoms with van der Waals surface area (Å²) in [6.45, 7) is 15.0. The van der Waals surface area contributed by atoms with Gasteiger partial charge in [-0.2, -0.15) is 0 Å². The van der Waals surface area contributed by atoms with Crippen LogP contribution < -0.4 is 0 Å². The van der Waals surface area contributed by atoms with Crippen molar-refractivity contribution < 1.29 is 24.2 Å². The summed E-state index contributed by atoms with van der Waals surface area (Å²) in [6.07, 6.45) is 39.7. The highest BCUT2D eigenvalue weighted by atomic mass is 16.5. The second-order valence-electron chi connectivity index (χ2n) is 17.1. The second-order valence-corrected chi connectivity index (χ2v) is 17.1. The Kier molecular flexibility index (Phi) is 41.6. The van der Waals surface area contributed by atoms with E-state index in [1.54, 1.807) is 0 Å². The zero-order valence-corrected chi connectivity index (χ0v) is 37.8. The summed E-state index contributed by atoms with van der Waals surface area (Å²) < 4.78 is 11.5. The molecule has 0 heterocycles. The van der Waals surface area contributed by atoms with Gasteiger partial charge in [0.05, 0.1) is 13.2 Å². The first-order valence-electron chi connectivity index (χ1n) is 24.6. The molecule has 0 rings (SSSR count). The summed E-state index contributed by atoms with van der Waals surface area (Å²) in [4.78, 5) is 27.5. The lowest BCUT2D eigenvalue weighted by Gasteiger charge is -2.31. The van der Waals surface area contributed by atoms with Gasteiger partial charge in [-0.15, -0.1) is 0 Å². The Bertz CT molecular complexity index is 750. The smallest absolute Gasteiger partial charge is 0.305 e. The molecule has 0 fully saturated rings. The Hall–Kier alpha value is -1.14. The van der Waals surface area contributed by atoms with Crippen molar-refractivity contribution in [3.8, 4) is 0 Å². The minimum absolute atomic E-state index is 0.00770. The molecular formula is C49H97NO5. The number of hydrogen-bond acceptors (Lipinski definition) is 6. The van der Waals surface area contributed by atoms with Gasteiger partial charge in [0.1, 0.15) is 0 Å². The van der Waals surface area contributed by atoms with Gasteiger partial charge in [0, 0.05) is 25.5 Å². The lowest BCUT2D eigenvalue weighted by atomic mass is 9.96. The van der Waals surface area contributed by atoms with Gasteiger partial charge in [0.25, 0.3) is 0 Å². The topological polar surface area (TPSA) is 76.1 Å². The van der Waals surface area contributed by atoms with Crippen molar-refractivity contribution in [2.45, 2.75) is 259 Å². The van der Waals surface area contributed by atoms with Crippen LogP contribution in [0, 0.1) is 11.8 Å². The van der Waals surface area contributed by atoms with E-state index in [1.165, 1.54) is 167 Å². The molecule has 0 aliphatic heterocycles. The van der Waals surface area contributed by atoms with E-state index in [0.717, 1.165) is 51.6 Å². The largest absolute Gasteiger partial charge is 0.465 e. The lowest BCUT2D eigenvalue weighted by molar-refractivity contribution is -0.146. The Balaban J connectivity index is 4.30. The molecule has 0 spiro atoms. The average Bonchev–Trinajstić information content (AvgIpc) is 3.19. The maximum absolute atomic E-state index is 12.4. The van der Waals surface area contributed by atoms with E-state index in [1.807, 2.05) is 0 Å². The third kappa shape index (κ3) is 35.7. The number of rotatable bonds is 44. The van der Waals surface area contributed by atoms with E-state index in [-0.39, 0.29) is 18.5 Å². The van der Waals surface area contributed by atoms with E-state index in [0.29, 0.717) is 43.9 Å². The highest BCUT2D eigenvalue weighted by molar-refractivity contribution is 5.69. The van der Waals surface area contributed by atoms with E-state index >= 15 is 0 Å². The molecule has 0 aliphatic rings. The molecule has 0 aromatic heterocycles. The van der Waals surface area contributed by atoms with Crippen LogP contribution in [0.5, 0.6) is 0 Å². The first-order chi connectivity index (χ1) is 26.9. The van der Waals surface area contributed by atoms with Crippen molar-refractivity contribution in [3.05, 3.63) is 0 Å². The van der Waals surface area contributed by atoms with Crippen molar-refractivity contribution in [1.29, 1.82) is 0 Å². The van der Waals surface area contributed by atoms with E-state index in [9.17, 15) is 14.7 Å². The van der Waals surface area contributed by atoms with Gasteiger partial charge >= 0.3 is 11.9 Å². The van der Waals surface area contributed by atoms with Crippen LogP contribution in [0.2, 0.25) is 0 Å². The molecule has 328 valence electrons.